The Hall–Kier alpha value is -5.90. The van der Waals surface area contributed by atoms with E-state index in [1.54, 1.807) is 0 Å². The van der Waals surface area contributed by atoms with Crippen molar-refractivity contribution in [3.63, 3.8) is 0 Å². The van der Waals surface area contributed by atoms with Crippen molar-refractivity contribution < 1.29 is 0 Å². The number of para-hydroxylation sites is 2. The highest BCUT2D eigenvalue weighted by molar-refractivity contribution is 7.25. The molecule has 0 atom stereocenters. The first-order chi connectivity index (χ1) is 23.3. The van der Waals surface area contributed by atoms with E-state index in [2.05, 4.69) is 167 Å². The SMILES string of the molecule is c1ccc(-n2c3ccccc3c3c4c5cc6ccccc6cc5n(-c5ccc6c(c5)sc5cc7ccccc7cc56)c4ccc32)cc1. The van der Waals surface area contributed by atoms with Gasteiger partial charge in [-0.3, -0.25) is 0 Å². The molecule has 0 spiro atoms. The molecule has 2 nitrogen and oxygen atoms in total. The third-order valence-corrected chi connectivity index (χ3v) is 11.1. The first kappa shape index (κ1) is 25.3. The van der Waals surface area contributed by atoms with Crippen LogP contribution in [0.5, 0.6) is 0 Å². The molecule has 0 fully saturated rings. The van der Waals surface area contributed by atoms with Crippen LogP contribution >= 0.6 is 11.3 Å². The Bertz CT molecular complexity index is 3070. The van der Waals surface area contributed by atoms with E-state index in [4.69, 9.17) is 0 Å². The molecule has 0 N–H and O–H groups in total. The maximum Gasteiger partial charge on any atom is 0.0548 e. The minimum Gasteiger partial charge on any atom is -0.309 e. The van der Waals surface area contributed by atoms with E-state index in [0.29, 0.717) is 0 Å². The minimum absolute atomic E-state index is 1.18. The Balaban J connectivity index is 1.28. The molecule has 11 aromatic rings. The topological polar surface area (TPSA) is 9.86 Å². The van der Waals surface area contributed by atoms with Crippen molar-refractivity contribution in [1.82, 2.24) is 9.13 Å². The normalized spacial score (nSPS) is 12.3. The summed E-state index contributed by atoms with van der Waals surface area (Å²) in [7, 11) is 0. The van der Waals surface area contributed by atoms with Gasteiger partial charge in [0.1, 0.15) is 0 Å². The van der Waals surface area contributed by atoms with E-state index < -0.39 is 0 Å². The van der Waals surface area contributed by atoms with E-state index in [1.165, 1.54) is 96.7 Å². The van der Waals surface area contributed by atoms with Gasteiger partial charge in [-0.05, 0) is 88.3 Å². The van der Waals surface area contributed by atoms with Crippen molar-refractivity contribution in [3.8, 4) is 11.4 Å². The molecule has 0 saturated carbocycles. The van der Waals surface area contributed by atoms with Crippen LogP contribution in [0.15, 0.2) is 158 Å². The molecular formula is C44H26N2S. The fourth-order valence-electron chi connectivity index (χ4n) is 7.97. The number of aromatic nitrogens is 2. The molecular weight excluding hydrogens is 589 g/mol. The Kier molecular flexibility index (Phi) is 5.02. The van der Waals surface area contributed by atoms with Crippen molar-refractivity contribution in [2.75, 3.05) is 0 Å². The summed E-state index contributed by atoms with van der Waals surface area (Å²) in [6.45, 7) is 0. The van der Waals surface area contributed by atoms with Gasteiger partial charge >= 0.3 is 0 Å². The number of benzene rings is 8. The van der Waals surface area contributed by atoms with E-state index in [0.717, 1.165) is 0 Å². The molecule has 0 aliphatic heterocycles. The molecule has 0 saturated heterocycles. The highest BCUT2D eigenvalue weighted by Gasteiger charge is 2.21. The highest BCUT2D eigenvalue weighted by Crippen LogP contribution is 2.44. The number of fused-ring (bicyclic) bond motifs is 12. The molecule has 0 radical (unpaired) electrons. The third-order valence-electron chi connectivity index (χ3n) is 10.0. The first-order valence-corrected chi connectivity index (χ1v) is 16.9. The monoisotopic (exact) mass is 614 g/mol. The van der Waals surface area contributed by atoms with Gasteiger partial charge in [-0.15, -0.1) is 11.3 Å². The van der Waals surface area contributed by atoms with E-state index >= 15 is 0 Å². The van der Waals surface area contributed by atoms with Crippen LogP contribution in [0.1, 0.15) is 0 Å². The van der Waals surface area contributed by atoms with Gasteiger partial charge < -0.3 is 9.13 Å². The highest BCUT2D eigenvalue weighted by atomic mass is 32.1. The van der Waals surface area contributed by atoms with Gasteiger partial charge in [0.15, 0.2) is 0 Å². The second-order valence-electron chi connectivity index (χ2n) is 12.6. The zero-order valence-electron chi connectivity index (χ0n) is 25.3. The number of thiophene rings is 1. The second kappa shape index (κ2) is 9.32. The molecule has 0 unspecified atom stereocenters. The second-order valence-corrected chi connectivity index (χ2v) is 13.7. The van der Waals surface area contributed by atoms with E-state index in [-0.39, 0.29) is 0 Å². The van der Waals surface area contributed by atoms with Crippen LogP contribution in [0.4, 0.5) is 0 Å². The van der Waals surface area contributed by atoms with Gasteiger partial charge in [-0.2, -0.15) is 0 Å². The standard InChI is InChI=1S/C44H26N2S/c1-2-14-31(15-3-1)45-37-17-9-8-16-34(37)43-38(45)20-21-39-44(43)36-23-28-11-4-6-12-29(28)24-40(36)46(39)32-18-19-33-35-22-27-10-5-7-13-30(27)25-41(35)47-42(33)26-32/h1-26H. The summed E-state index contributed by atoms with van der Waals surface area (Å²) in [5.74, 6) is 0. The van der Waals surface area contributed by atoms with Crippen LogP contribution in [-0.4, -0.2) is 9.13 Å². The fraction of sp³-hybridized carbons (Fsp3) is 0. The lowest BCUT2D eigenvalue weighted by Crippen LogP contribution is -1.94. The number of rotatable bonds is 2. The van der Waals surface area contributed by atoms with E-state index in [9.17, 15) is 0 Å². The van der Waals surface area contributed by atoms with Crippen LogP contribution in [0.25, 0.3) is 96.7 Å². The molecule has 47 heavy (non-hydrogen) atoms. The van der Waals surface area contributed by atoms with Gasteiger partial charge in [-0.25, -0.2) is 0 Å². The maximum atomic E-state index is 2.49. The van der Waals surface area contributed by atoms with Crippen LogP contribution < -0.4 is 0 Å². The number of hydrogen-bond donors (Lipinski definition) is 0. The Morgan fingerprint density at radius 2 is 0.894 bits per heavy atom. The zero-order valence-corrected chi connectivity index (χ0v) is 26.1. The molecule has 3 heterocycles. The van der Waals surface area contributed by atoms with Crippen LogP contribution in [0, 0.1) is 0 Å². The molecule has 0 bridgehead atoms. The predicted octanol–water partition coefficient (Wildman–Crippen LogP) is 12.6. The lowest BCUT2D eigenvalue weighted by Gasteiger charge is -2.10. The first-order valence-electron chi connectivity index (χ1n) is 16.1. The average molecular weight is 615 g/mol. The van der Waals surface area contributed by atoms with Gasteiger partial charge in [-0.1, -0.05) is 91.0 Å². The summed E-state index contributed by atoms with van der Waals surface area (Å²) in [6.07, 6.45) is 0. The van der Waals surface area contributed by atoms with Gasteiger partial charge in [0.05, 0.1) is 22.1 Å². The Morgan fingerprint density at radius 3 is 1.66 bits per heavy atom. The summed E-state index contributed by atoms with van der Waals surface area (Å²) in [5.41, 5.74) is 7.27. The Labute approximate surface area is 273 Å². The van der Waals surface area contributed by atoms with Crippen molar-refractivity contribution >= 4 is 96.7 Å². The van der Waals surface area contributed by atoms with Crippen molar-refractivity contribution in [2.24, 2.45) is 0 Å². The summed E-state index contributed by atoms with van der Waals surface area (Å²) in [6, 6.07) is 58.2. The number of nitrogens with zero attached hydrogens (tertiary/aromatic N) is 2. The van der Waals surface area contributed by atoms with Gasteiger partial charge in [0, 0.05) is 53.1 Å². The van der Waals surface area contributed by atoms with Crippen LogP contribution in [0.2, 0.25) is 0 Å². The number of hydrogen-bond acceptors (Lipinski definition) is 1. The summed E-state index contributed by atoms with van der Waals surface area (Å²) >= 11 is 1.89. The minimum atomic E-state index is 1.18. The average Bonchev–Trinajstić information content (AvgIpc) is 3.76. The maximum absolute atomic E-state index is 2.49. The molecule has 0 aliphatic rings. The largest absolute Gasteiger partial charge is 0.309 e. The zero-order chi connectivity index (χ0) is 30.6. The molecule has 3 heteroatoms. The molecule has 0 amide bonds. The van der Waals surface area contributed by atoms with Crippen LogP contribution in [0.3, 0.4) is 0 Å². The lowest BCUT2D eigenvalue weighted by molar-refractivity contribution is 1.17. The van der Waals surface area contributed by atoms with Crippen LogP contribution in [-0.2, 0) is 0 Å². The predicted molar refractivity (Wildman–Crippen MR) is 203 cm³/mol. The van der Waals surface area contributed by atoms with Gasteiger partial charge in [0.2, 0.25) is 0 Å². The van der Waals surface area contributed by atoms with Crippen molar-refractivity contribution in [2.45, 2.75) is 0 Å². The quantitative estimate of drug-likeness (QED) is 0.183. The summed E-state index contributed by atoms with van der Waals surface area (Å²) in [4.78, 5) is 0. The molecule has 3 aromatic heterocycles. The van der Waals surface area contributed by atoms with E-state index in [1.807, 2.05) is 11.3 Å². The Morgan fingerprint density at radius 1 is 0.319 bits per heavy atom. The fourth-order valence-corrected chi connectivity index (χ4v) is 9.14. The smallest absolute Gasteiger partial charge is 0.0548 e. The third kappa shape index (κ3) is 3.49. The molecule has 218 valence electrons. The summed E-state index contributed by atoms with van der Waals surface area (Å²) in [5, 5.41) is 12.9. The molecule has 8 aromatic carbocycles. The van der Waals surface area contributed by atoms with Crippen molar-refractivity contribution in [3.05, 3.63) is 158 Å². The summed E-state index contributed by atoms with van der Waals surface area (Å²) < 4.78 is 7.55. The van der Waals surface area contributed by atoms with Crippen molar-refractivity contribution in [1.29, 1.82) is 0 Å². The lowest BCUT2D eigenvalue weighted by atomic mass is 10.0. The molecule has 11 rings (SSSR count). The molecule has 0 aliphatic carbocycles. The van der Waals surface area contributed by atoms with Gasteiger partial charge in [0.25, 0.3) is 0 Å².